The molecule has 0 unspecified atom stereocenters. The Morgan fingerprint density at radius 2 is 1.25 bits per heavy atom. The van der Waals surface area contributed by atoms with E-state index in [1.807, 2.05) is 0 Å². The molecule has 0 saturated carbocycles. The van der Waals surface area contributed by atoms with Crippen molar-refractivity contribution >= 4 is 41.9 Å². The third-order valence-electron chi connectivity index (χ3n) is 0. The Morgan fingerprint density at radius 1 is 1.25 bits per heavy atom. The minimum absolute atomic E-state index is 0. The predicted molar refractivity (Wildman–Crippen MR) is 16.4 cm³/mol. The summed E-state index contributed by atoms with van der Waals surface area (Å²) in [5, 5.41) is 0. The van der Waals surface area contributed by atoms with Crippen LogP contribution in [0.15, 0.2) is 0 Å². The quantitative estimate of drug-likeness (QED) is 0.339. The first-order valence-electron chi connectivity index (χ1n) is 0.136. The fourth-order valence-electron chi connectivity index (χ4n) is 0. The standard InChI is InChI=1S/Co.Li.Mg.O.3H. The maximum absolute atomic E-state index is 7.94. The van der Waals surface area contributed by atoms with Crippen molar-refractivity contribution in [1.82, 2.24) is 0 Å². The molecule has 0 saturated heterocycles. The molecule has 0 N–H and O–H groups in total. The summed E-state index contributed by atoms with van der Waals surface area (Å²) in [5.41, 5.74) is 0. The first-order valence-corrected chi connectivity index (χ1v) is 0.561. The number of hydrogen-bond donors (Lipinski definition) is 0. The summed E-state index contributed by atoms with van der Waals surface area (Å²) in [4.78, 5) is 0. The van der Waals surface area contributed by atoms with E-state index in [1.54, 1.807) is 0 Å². The fraction of sp³-hybridized carbons (Fsp3) is 0. The number of hydrogen-bond acceptors (Lipinski definition) is 1. The summed E-state index contributed by atoms with van der Waals surface area (Å²) in [6.07, 6.45) is 0. The second-order valence-electron chi connectivity index (χ2n) is 0. The molecule has 0 atom stereocenters. The first-order chi connectivity index (χ1) is 1.00. The molecule has 0 fully saturated rings. The van der Waals surface area contributed by atoms with Crippen LogP contribution in [0.4, 0.5) is 0 Å². The van der Waals surface area contributed by atoms with Crippen molar-refractivity contribution < 1.29 is 19.5 Å². The van der Waals surface area contributed by atoms with E-state index in [1.165, 1.54) is 0 Å². The van der Waals surface area contributed by atoms with Gasteiger partial charge in [-0.25, -0.2) is 0 Å². The Kier molecular flexibility index (Phi) is 97.8. The van der Waals surface area contributed by atoms with Crippen LogP contribution in [0.3, 0.4) is 0 Å². The van der Waals surface area contributed by atoms with Gasteiger partial charge in [0.1, 0.15) is 0 Å². The molecule has 0 aromatic heterocycles. The third kappa shape index (κ3) is 9.38. The Hall–Kier alpha value is 1.67. The van der Waals surface area contributed by atoms with Crippen LogP contribution < -0.4 is 0 Å². The molecule has 0 aliphatic heterocycles. The molecule has 0 spiro atoms. The predicted octanol–water partition coefficient (Wildman–Crippen LogP) is -1.69. The zero-order valence-electron chi connectivity index (χ0n) is 0.742. The third-order valence-corrected chi connectivity index (χ3v) is 0. The molecule has 0 aliphatic carbocycles. The van der Waals surface area contributed by atoms with Crippen molar-refractivity contribution in [2.45, 2.75) is 0 Å². The fourth-order valence-corrected chi connectivity index (χ4v) is 0. The average Bonchev–Trinajstić information content (AvgIpc) is 1.00. The van der Waals surface area contributed by atoms with Gasteiger partial charge in [-0.1, -0.05) is 0 Å². The molecular formula is H3CoLiMgO. The number of rotatable bonds is 0. The van der Waals surface area contributed by atoms with E-state index in [4.69, 9.17) is 3.87 Å². The Morgan fingerprint density at radius 3 is 1.25 bits per heavy atom. The van der Waals surface area contributed by atoms with Crippen LogP contribution in [0.25, 0.3) is 0 Å². The summed E-state index contributed by atoms with van der Waals surface area (Å²) in [6, 6.07) is 0. The zero-order chi connectivity index (χ0) is 2.00. The topological polar surface area (TPSA) is 17.1 Å². The van der Waals surface area contributed by atoms with E-state index < -0.39 is 0 Å². The van der Waals surface area contributed by atoms with Gasteiger partial charge in [0.15, 0.2) is 0 Å². The van der Waals surface area contributed by atoms with Crippen molar-refractivity contribution in [3.8, 4) is 0 Å². The van der Waals surface area contributed by atoms with E-state index in [-0.39, 0.29) is 41.9 Å². The van der Waals surface area contributed by atoms with Gasteiger partial charge in [0.2, 0.25) is 0 Å². The Labute approximate surface area is 61.0 Å². The van der Waals surface area contributed by atoms with Gasteiger partial charge in [-0.2, -0.15) is 0 Å². The second kappa shape index (κ2) is 22.6. The normalized spacial score (nSPS) is 1.25. The second-order valence-corrected chi connectivity index (χ2v) is 0. The van der Waals surface area contributed by atoms with E-state index >= 15 is 0 Å². The Bertz CT molecular complexity index is 8.00. The summed E-state index contributed by atoms with van der Waals surface area (Å²) >= 11 is 2.31. The van der Waals surface area contributed by atoms with Crippen LogP contribution in [0.1, 0.15) is 0 Å². The molecule has 4 heavy (non-hydrogen) atoms. The molecule has 0 bridgehead atoms. The van der Waals surface area contributed by atoms with E-state index in [0.717, 1.165) is 0 Å². The molecule has 0 aromatic rings. The van der Waals surface area contributed by atoms with E-state index in [9.17, 15) is 0 Å². The maximum atomic E-state index is 7.94. The van der Waals surface area contributed by atoms with E-state index in [2.05, 4.69) is 15.7 Å². The molecule has 0 aliphatic rings. The molecule has 0 aromatic carbocycles. The molecule has 4 heteroatoms. The summed E-state index contributed by atoms with van der Waals surface area (Å²) in [5.74, 6) is 0. The van der Waals surface area contributed by atoms with Gasteiger partial charge in [-0.15, -0.1) is 0 Å². The van der Waals surface area contributed by atoms with Crippen molar-refractivity contribution in [3.63, 3.8) is 0 Å². The molecule has 0 radical (unpaired) electrons. The van der Waals surface area contributed by atoms with E-state index in [0.29, 0.717) is 0 Å². The van der Waals surface area contributed by atoms with Gasteiger partial charge >= 0.3 is 61.4 Å². The van der Waals surface area contributed by atoms with Crippen LogP contribution in [-0.2, 0) is 19.5 Å². The van der Waals surface area contributed by atoms with Gasteiger partial charge in [0.05, 0.1) is 0 Å². The van der Waals surface area contributed by atoms with Crippen molar-refractivity contribution in [1.29, 1.82) is 0 Å². The zero-order valence-corrected chi connectivity index (χ0v) is 1.78. The van der Waals surface area contributed by atoms with Gasteiger partial charge in [-0.05, 0) is 0 Å². The van der Waals surface area contributed by atoms with Crippen LogP contribution in [-0.4, -0.2) is 41.9 Å². The van der Waals surface area contributed by atoms with Crippen LogP contribution in [0.5, 0.6) is 0 Å². The van der Waals surface area contributed by atoms with Crippen LogP contribution >= 0.6 is 0 Å². The SMILES string of the molecule is [LiH].[MgH2].[O]=[Co]. The minimum atomic E-state index is 0. The molecule has 0 rings (SSSR count). The van der Waals surface area contributed by atoms with Crippen molar-refractivity contribution in [2.75, 3.05) is 0 Å². The summed E-state index contributed by atoms with van der Waals surface area (Å²) in [7, 11) is 0. The van der Waals surface area contributed by atoms with Gasteiger partial charge in [-0.3, -0.25) is 0 Å². The van der Waals surface area contributed by atoms with Crippen molar-refractivity contribution in [2.24, 2.45) is 0 Å². The molecule has 21 valence electrons. The Balaban J connectivity index is -0.00000000500. The first kappa shape index (κ1) is 17.3. The summed E-state index contributed by atoms with van der Waals surface area (Å²) < 4.78 is 7.94. The van der Waals surface area contributed by atoms with Gasteiger partial charge in [0.25, 0.3) is 0 Å². The van der Waals surface area contributed by atoms with Crippen LogP contribution in [0, 0.1) is 0 Å². The molecule has 0 heterocycles. The molecule has 0 amide bonds. The summed E-state index contributed by atoms with van der Waals surface area (Å²) in [6.45, 7) is 0. The van der Waals surface area contributed by atoms with Gasteiger partial charge in [0, 0.05) is 0 Å². The van der Waals surface area contributed by atoms with Crippen LogP contribution in [0.2, 0.25) is 0 Å². The van der Waals surface area contributed by atoms with Crippen molar-refractivity contribution in [3.05, 3.63) is 0 Å². The average molecular weight is 109 g/mol. The van der Waals surface area contributed by atoms with Gasteiger partial charge < -0.3 is 0 Å². The molecule has 1 nitrogen and oxygen atoms in total. The molecular weight excluding hydrogens is 106 g/mol. The monoisotopic (exact) mass is 109 g/mol.